The number of primary amides is 2. The summed E-state index contributed by atoms with van der Waals surface area (Å²) in [5.41, 5.74) is 10.5. The summed E-state index contributed by atoms with van der Waals surface area (Å²) in [6.07, 6.45) is 13.8. The molecule has 0 bridgehead atoms. The van der Waals surface area contributed by atoms with Crippen LogP contribution in [0.3, 0.4) is 0 Å². The summed E-state index contributed by atoms with van der Waals surface area (Å²) in [4.78, 5) is 58.1. The van der Waals surface area contributed by atoms with Gasteiger partial charge < -0.3 is 60.1 Å². The van der Waals surface area contributed by atoms with Crippen molar-refractivity contribution in [1.82, 2.24) is 4.90 Å². The van der Waals surface area contributed by atoms with Gasteiger partial charge >= 0.3 is 23.7 Å². The zero-order valence-corrected chi connectivity index (χ0v) is 58.7. The smallest absolute Gasteiger partial charge is 0.410 e. The summed E-state index contributed by atoms with van der Waals surface area (Å²) in [6, 6.07) is 5.02. The molecule has 93 heavy (non-hydrogen) atoms. The molecule has 3 amide bonds. The predicted octanol–water partition coefficient (Wildman–Crippen LogP) is 13.7. The Morgan fingerprint density at radius 2 is 1.04 bits per heavy atom. The lowest BCUT2D eigenvalue weighted by Crippen LogP contribution is -2.60. The van der Waals surface area contributed by atoms with Crippen molar-refractivity contribution >= 4 is 41.0 Å². The first-order valence-electron chi connectivity index (χ1n) is 35.8. The molecule has 10 saturated carbocycles. The quantitative estimate of drug-likeness (QED) is 0.0665. The number of likely N-dealkylation sites (tertiary alicyclic amines) is 1. The summed E-state index contributed by atoms with van der Waals surface area (Å²) in [5, 5.41) is 45.9. The topological polar surface area (TPSA) is 283 Å². The molecule has 1 aromatic carbocycles. The lowest BCUT2D eigenvalue weighted by Gasteiger charge is -2.63. The highest BCUT2D eigenvalue weighted by molar-refractivity contribution is 6.61. The normalized spacial score (nSPS) is 47.5. The third-order valence-corrected chi connectivity index (χ3v) is 30.8. The highest BCUT2D eigenvalue weighted by Crippen LogP contribution is 2.91. The fourth-order valence-corrected chi connectivity index (χ4v) is 26.3. The van der Waals surface area contributed by atoms with Gasteiger partial charge in [0.1, 0.15) is 24.1 Å². The maximum Gasteiger partial charge on any atom is 0.410 e. The first-order chi connectivity index (χ1) is 43.4. The Morgan fingerprint density at radius 3 is 1.44 bits per heavy atom. The molecule has 2 unspecified atom stereocenters. The Bertz CT molecular complexity index is 3070. The number of benzene rings is 1. The monoisotopic (exact) mass is 1320 g/mol. The molecule has 14 rings (SSSR count). The van der Waals surface area contributed by atoms with E-state index in [-0.39, 0.29) is 115 Å². The number of nitrogens with zero attached hydrogens (tertiary/aromatic N) is 2. The van der Waals surface area contributed by atoms with Crippen LogP contribution in [0.25, 0.3) is 0 Å². The van der Waals surface area contributed by atoms with Crippen molar-refractivity contribution in [2.45, 2.75) is 267 Å². The van der Waals surface area contributed by atoms with Crippen LogP contribution in [-0.2, 0) is 23.7 Å². The summed E-state index contributed by atoms with van der Waals surface area (Å²) in [6.45, 7) is 33.5. The van der Waals surface area contributed by atoms with Gasteiger partial charge in [-0.15, -0.1) is 0 Å². The summed E-state index contributed by atoms with van der Waals surface area (Å²) in [7, 11) is 0. The maximum atomic E-state index is 12.8. The third kappa shape index (κ3) is 9.93. The Hall–Kier alpha value is -4.01. The molecule has 19 nitrogen and oxygen atoms in total. The number of aliphatic hydroxyl groups excluding tert-OH is 3. The highest BCUT2D eigenvalue weighted by atomic mass is 35.5. The van der Waals surface area contributed by atoms with E-state index in [1.165, 1.54) is 49.9 Å². The van der Waals surface area contributed by atoms with Crippen LogP contribution in [0.15, 0.2) is 24.3 Å². The lowest BCUT2D eigenvalue weighted by molar-refractivity contribution is -0.384. The van der Waals surface area contributed by atoms with Crippen LogP contribution in [-0.4, -0.2) is 123 Å². The zero-order valence-electron chi connectivity index (χ0n) is 58.0. The number of hydrogen-bond donors (Lipinski definition) is 5. The number of nitro benzene ring substituents is 1. The fraction of sp³-hybridized carbons (Fsp3) is 0.863. The third-order valence-electron chi connectivity index (χ3n) is 30.7. The molecule has 26 atom stereocenters. The molecule has 520 valence electrons. The van der Waals surface area contributed by atoms with E-state index in [0.29, 0.717) is 52.3 Å². The lowest BCUT2D eigenvalue weighted by atomic mass is 9.41. The minimum Gasteiger partial charge on any atom is -0.446 e. The number of aliphatic hydroxyl groups is 3. The Labute approximate surface area is 556 Å². The summed E-state index contributed by atoms with van der Waals surface area (Å²) >= 11 is 4.92. The molecular formula is C73H111ClN4O15. The van der Waals surface area contributed by atoms with Crippen molar-refractivity contribution < 1.29 is 67.8 Å². The number of nitrogens with two attached hydrogens (primary N) is 2. The molecule has 0 aromatic heterocycles. The number of halogens is 1. The first-order valence-corrected chi connectivity index (χ1v) is 36.1. The Balaban J connectivity index is 0.000000151. The average Bonchev–Trinajstić information content (AvgIpc) is 1.47. The van der Waals surface area contributed by atoms with Gasteiger partial charge in [0.25, 0.3) is 5.69 Å². The standard InChI is InChI=1S/C35H56N2O6.C31H51NO5.C7H4ClNO4/c1-19(2)26(43-29(36)39)21-17-20(3)25-27(41-21)28(38)33(7)23-10-9-22-31(4,5)24(42-30(40)37-15-8-16-37)11-12-34(22)18-35(23,34)14-13-32(25,33)6;1-16(2)23(37-26(32)35)18-14-17(3)22-24(36-18)25(34)29(7)20-9-8-19-27(4,5)21(33)10-11-30(19)15-31(20,30)13-12-28(22,29)6;8-7(10)13-6-3-1-5(2-4-6)9(11)12/h19-28,38H,8-18H2,1-7H3,(H2,36,39);16-25,33-34H,8-15H2,1-7H3,(H2,32,35);1-4H/t20-,21-,22+,23+,24+,25+,26-,27+,28+,32-,33-,34?,35+;17-,18-,19+,20+,21+,22+,23-,24+,25+,28-,29-,30?,31+;/m11./s1. The molecule has 3 saturated heterocycles. The molecule has 20 heteroatoms. The Kier molecular flexibility index (Phi) is 17.3. The Morgan fingerprint density at radius 1 is 0.624 bits per heavy atom. The van der Waals surface area contributed by atoms with Gasteiger partial charge in [-0.3, -0.25) is 10.1 Å². The van der Waals surface area contributed by atoms with Gasteiger partial charge in [0.05, 0.1) is 47.7 Å². The van der Waals surface area contributed by atoms with Crippen molar-refractivity contribution in [2.75, 3.05) is 13.1 Å². The molecule has 4 spiro atoms. The van der Waals surface area contributed by atoms with E-state index >= 15 is 0 Å². The highest BCUT2D eigenvalue weighted by Gasteiger charge is 2.87. The van der Waals surface area contributed by atoms with Crippen LogP contribution in [0.4, 0.5) is 24.9 Å². The van der Waals surface area contributed by atoms with E-state index in [9.17, 15) is 44.6 Å². The van der Waals surface area contributed by atoms with Gasteiger partial charge in [-0.05, 0) is 218 Å². The largest absolute Gasteiger partial charge is 0.446 e. The van der Waals surface area contributed by atoms with Crippen molar-refractivity contribution in [2.24, 2.45) is 125 Å². The van der Waals surface area contributed by atoms with Crippen molar-refractivity contribution in [1.29, 1.82) is 0 Å². The summed E-state index contributed by atoms with van der Waals surface area (Å²) < 4.78 is 35.5. The van der Waals surface area contributed by atoms with Gasteiger partial charge in [0, 0.05) is 53.1 Å². The number of fused-ring (bicyclic) bond motifs is 8. The number of ether oxygens (including phenoxy) is 6. The number of non-ortho nitro benzene ring substituents is 1. The van der Waals surface area contributed by atoms with Crippen molar-refractivity contribution in [3.63, 3.8) is 0 Å². The van der Waals surface area contributed by atoms with Gasteiger partial charge in [0.15, 0.2) is 0 Å². The van der Waals surface area contributed by atoms with Gasteiger partial charge in [-0.1, -0.05) is 96.9 Å². The second-order valence-corrected chi connectivity index (χ2v) is 35.5. The van der Waals surface area contributed by atoms with Crippen LogP contribution >= 0.6 is 11.6 Å². The van der Waals surface area contributed by atoms with E-state index in [2.05, 4.69) is 74.0 Å². The fourth-order valence-electron chi connectivity index (χ4n) is 26.2. The molecule has 13 aliphatic rings. The SMILES string of the molecule is CC(C)[C@@H](OC(N)=O)[C@H]1C[C@@H](C)[C@H]2[C@H](O1)[C@H](O)[C@@]1(C)[C@@H]3CC[C@H]4C(C)(C)[C@@H](O)CCC45C[C@@]35CC[C@]21C.CC(C)[C@@H](OC(N)=O)[C@H]1C[C@@H](C)[C@H]2[C@H](O1)[C@H](O)[C@@]1(C)[C@@H]3CC[C@H]4C(C)(C)[C@@H](OC(=O)N5CCC5)CCC45C[C@@]35CC[C@]21C.O=C(Cl)Oc1ccc([N+](=O)[O-])cc1. The van der Waals surface area contributed by atoms with Crippen LogP contribution < -0.4 is 16.2 Å². The van der Waals surface area contributed by atoms with Crippen molar-refractivity contribution in [3.05, 3.63) is 34.4 Å². The van der Waals surface area contributed by atoms with E-state index in [1.807, 2.05) is 32.6 Å². The molecule has 7 N–H and O–H groups in total. The van der Waals surface area contributed by atoms with E-state index in [4.69, 9.17) is 46.8 Å². The van der Waals surface area contributed by atoms with E-state index in [0.717, 1.165) is 96.6 Å². The van der Waals surface area contributed by atoms with E-state index < -0.39 is 47.0 Å². The zero-order chi connectivity index (χ0) is 67.7. The number of nitro groups is 1. The van der Waals surface area contributed by atoms with Crippen LogP contribution in [0.1, 0.15) is 206 Å². The first kappa shape index (κ1) is 68.9. The predicted molar refractivity (Wildman–Crippen MR) is 348 cm³/mol. The second kappa shape index (κ2) is 23.3. The minimum atomic E-state index is -0.978. The second-order valence-electron chi connectivity index (χ2n) is 35.2. The molecule has 1 aromatic rings. The van der Waals surface area contributed by atoms with Gasteiger partial charge in [-0.25, -0.2) is 19.2 Å². The van der Waals surface area contributed by atoms with Crippen LogP contribution in [0.5, 0.6) is 5.75 Å². The van der Waals surface area contributed by atoms with Gasteiger partial charge in [0.2, 0.25) is 0 Å². The molecule has 10 aliphatic carbocycles. The minimum absolute atomic E-state index is 0.00950. The molecule has 3 aliphatic heterocycles. The number of rotatable bonds is 9. The number of amides is 3. The van der Waals surface area contributed by atoms with E-state index in [1.54, 1.807) is 0 Å². The van der Waals surface area contributed by atoms with Crippen LogP contribution in [0, 0.1) is 123 Å². The van der Waals surface area contributed by atoms with Gasteiger partial charge in [-0.2, -0.15) is 0 Å². The molecular weight excluding hydrogens is 1210 g/mol. The average molecular weight is 1320 g/mol. The number of carbonyl (C=O) groups excluding carboxylic acids is 4. The summed E-state index contributed by atoms with van der Waals surface area (Å²) in [5.74, 6) is 3.64. The molecule has 13 fully saturated rings. The number of hydrogen-bond acceptors (Lipinski definition) is 15. The number of carbonyl (C=O) groups is 4. The molecule has 0 radical (unpaired) electrons. The maximum absolute atomic E-state index is 12.8. The van der Waals surface area contributed by atoms with Crippen molar-refractivity contribution in [3.8, 4) is 5.75 Å². The molecule has 3 heterocycles. The van der Waals surface area contributed by atoms with Crippen LogP contribution in [0.2, 0.25) is 0 Å².